The highest BCUT2D eigenvalue weighted by atomic mass is 31.1. The first-order chi connectivity index (χ1) is 15.2. The van der Waals surface area contributed by atoms with Crippen molar-refractivity contribution in [1.29, 1.82) is 0 Å². The summed E-state index contributed by atoms with van der Waals surface area (Å²) in [6.07, 6.45) is 36.8. The Bertz CT molecular complexity index is 303. The molecule has 0 amide bonds. The summed E-state index contributed by atoms with van der Waals surface area (Å²) in [4.78, 5) is 0. The van der Waals surface area contributed by atoms with Gasteiger partial charge in [-0.05, 0) is 56.3 Å². The second-order valence-electron chi connectivity index (χ2n) is 10.6. The van der Waals surface area contributed by atoms with Crippen LogP contribution in [-0.2, 0) is 0 Å². The number of hydrogen-bond acceptors (Lipinski definition) is 0. The first-order valence-corrected chi connectivity index (χ1v) is 16.4. The van der Waals surface area contributed by atoms with Crippen LogP contribution in [-0.4, -0.2) is 12.3 Å². The zero-order valence-electron chi connectivity index (χ0n) is 22.7. The maximum atomic E-state index is 2.38. The monoisotopic (exact) mass is 454 g/mol. The molecule has 188 valence electrons. The van der Waals surface area contributed by atoms with Crippen LogP contribution in [0.5, 0.6) is 0 Å². The van der Waals surface area contributed by atoms with Gasteiger partial charge in [0.1, 0.15) is 0 Å². The van der Waals surface area contributed by atoms with E-state index in [0.29, 0.717) is 5.41 Å². The molecular formula is C30H63P. The smallest absolute Gasteiger partial charge is 0.0297 e. The van der Waals surface area contributed by atoms with E-state index in [-0.39, 0.29) is 0 Å². The predicted molar refractivity (Wildman–Crippen MR) is 149 cm³/mol. The quantitative estimate of drug-likeness (QED) is 0.0900. The molecule has 0 bridgehead atoms. The fourth-order valence-electron chi connectivity index (χ4n) is 5.21. The van der Waals surface area contributed by atoms with Crippen LogP contribution in [0.1, 0.15) is 175 Å². The molecule has 0 rings (SSSR count). The second kappa shape index (κ2) is 25.1. The molecule has 0 N–H and O–H groups in total. The SMILES string of the molecule is CCCCCCCCCCCCCCPCCCC(CCCC)(CCCC)CCCC. The van der Waals surface area contributed by atoms with Crippen LogP contribution in [0.3, 0.4) is 0 Å². The first-order valence-electron chi connectivity index (χ1n) is 14.9. The molecule has 0 spiro atoms. The van der Waals surface area contributed by atoms with E-state index in [1.807, 2.05) is 0 Å². The van der Waals surface area contributed by atoms with Crippen molar-refractivity contribution in [3.63, 3.8) is 0 Å². The fraction of sp³-hybridized carbons (Fsp3) is 1.00. The van der Waals surface area contributed by atoms with E-state index in [1.54, 1.807) is 0 Å². The third kappa shape index (κ3) is 20.7. The Kier molecular flexibility index (Phi) is 25.4. The molecule has 0 aromatic heterocycles. The molecule has 1 unspecified atom stereocenters. The maximum Gasteiger partial charge on any atom is -0.0297 e. The van der Waals surface area contributed by atoms with Gasteiger partial charge in [0.2, 0.25) is 0 Å². The molecule has 0 aromatic carbocycles. The first kappa shape index (κ1) is 31.4. The van der Waals surface area contributed by atoms with E-state index in [1.165, 1.54) is 169 Å². The Labute approximate surface area is 201 Å². The van der Waals surface area contributed by atoms with Crippen molar-refractivity contribution in [2.45, 2.75) is 175 Å². The highest BCUT2D eigenvalue weighted by molar-refractivity contribution is 7.37. The zero-order chi connectivity index (χ0) is 22.9. The lowest BCUT2D eigenvalue weighted by Crippen LogP contribution is -2.21. The van der Waals surface area contributed by atoms with Crippen molar-refractivity contribution >= 4 is 8.58 Å². The Balaban J connectivity index is 3.71. The molecule has 1 atom stereocenters. The summed E-state index contributed by atoms with van der Waals surface area (Å²) in [5, 5.41) is 0. The van der Waals surface area contributed by atoms with Crippen LogP contribution in [0.4, 0.5) is 0 Å². The van der Waals surface area contributed by atoms with Gasteiger partial charge in [-0.25, -0.2) is 0 Å². The van der Waals surface area contributed by atoms with E-state index < -0.39 is 0 Å². The van der Waals surface area contributed by atoms with Crippen LogP contribution in [0.25, 0.3) is 0 Å². The largest absolute Gasteiger partial charge is 0.122 e. The summed E-state index contributed by atoms with van der Waals surface area (Å²) in [6.45, 7) is 9.43. The van der Waals surface area contributed by atoms with Gasteiger partial charge < -0.3 is 0 Å². The Morgan fingerprint density at radius 2 is 0.677 bits per heavy atom. The van der Waals surface area contributed by atoms with Crippen molar-refractivity contribution in [2.75, 3.05) is 12.3 Å². The molecule has 0 aromatic rings. The van der Waals surface area contributed by atoms with Crippen molar-refractivity contribution < 1.29 is 0 Å². The Morgan fingerprint density at radius 1 is 0.355 bits per heavy atom. The molecule has 0 nitrogen and oxygen atoms in total. The summed E-state index contributed by atoms with van der Waals surface area (Å²) in [5.41, 5.74) is 0.697. The average Bonchev–Trinajstić information content (AvgIpc) is 2.79. The van der Waals surface area contributed by atoms with Gasteiger partial charge in [-0.15, -0.1) is 8.58 Å². The predicted octanol–water partition coefficient (Wildman–Crippen LogP) is 11.7. The molecule has 0 radical (unpaired) electrons. The fourth-order valence-corrected chi connectivity index (χ4v) is 6.39. The summed E-state index contributed by atoms with van der Waals surface area (Å²) in [6, 6.07) is 0. The zero-order valence-corrected chi connectivity index (χ0v) is 23.7. The third-order valence-electron chi connectivity index (χ3n) is 7.45. The second-order valence-corrected chi connectivity index (χ2v) is 12.1. The molecule has 0 aliphatic heterocycles. The van der Waals surface area contributed by atoms with Gasteiger partial charge in [-0.1, -0.05) is 137 Å². The maximum absolute atomic E-state index is 2.38. The van der Waals surface area contributed by atoms with Gasteiger partial charge in [-0.3, -0.25) is 0 Å². The van der Waals surface area contributed by atoms with E-state index in [2.05, 4.69) is 27.7 Å². The normalized spacial score (nSPS) is 12.4. The van der Waals surface area contributed by atoms with Crippen molar-refractivity contribution in [1.82, 2.24) is 0 Å². The Hall–Kier alpha value is 0.430. The van der Waals surface area contributed by atoms with E-state index in [4.69, 9.17) is 0 Å². The summed E-state index contributed by atoms with van der Waals surface area (Å²) >= 11 is 0. The van der Waals surface area contributed by atoms with Crippen LogP contribution < -0.4 is 0 Å². The van der Waals surface area contributed by atoms with E-state index >= 15 is 0 Å². The highest BCUT2D eigenvalue weighted by Gasteiger charge is 2.27. The molecular weight excluding hydrogens is 391 g/mol. The van der Waals surface area contributed by atoms with Gasteiger partial charge in [-0.2, -0.15) is 0 Å². The molecule has 0 aliphatic carbocycles. The van der Waals surface area contributed by atoms with E-state index in [9.17, 15) is 0 Å². The van der Waals surface area contributed by atoms with Crippen LogP contribution in [0.2, 0.25) is 0 Å². The minimum Gasteiger partial charge on any atom is -0.122 e. The van der Waals surface area contributed by atoms with E-state index in [0.717, 1.165) is 0 Å². The van der Waals surface area contributed by atoms with Gasteiger partial charge in [0.05, 0.1) is 0 Å². The molecule has 0 saturated carbocycles. The molecule has 0 fully saturated rings. The summed E-state index contributed by atoms with van der Waals surface area (Å²) in [5.74, 6) is 0. The summed E-state index contributed by atoms with van der Waals surface area (Å²) < 4.78 is 0. The highest BCUT2D eigenvalue weighted by Crippen LogP contribution is 2.41. The Morgan fingerprint density at radius 3 is 1.10 bits per heavy atom. The standard InChI is InChI=1S/C30H63P/c1-5-9-13-14-15-16-17-18-19-20-21-22-28-31-29-23-27-30(24-10-6-2,25-11-7-3)26-12-8-4/h31H,5-29H2,1-4H3. The number of rotatable bonds is 26. The minimum absolute atomic E-state index is 0.697. The van der Waals surface area contributed by atoms with Crippen LogP contribution in [0.15, 0.2) is 0 Å². The average molecular weight is 455 g/mol. The van der Waals surface area contributed by atoms with Gasteiger partial charge in [0, 0.05) is 0 Å². The lowest BCUT2D eigenvalue weighted by Gasteiger charge is -2.35. The molecule has 31 heavy (non-hydrogen) atoms. The van der Waals surface area contributed by atoms with Gasteiger partial charge in [0.15, 0.2) is 0 Å². The van der Waals surface area contributed by atoms with Crippen LogP contribution >= 0.6 is 8.58 Å². The number of unbranched alkanes of at least 4 members (excludes halogenated alkanes) is 14. The van der Waals surface area contributed by atoms with Crippen molar-refractivity contribution in [2.24, 2.45) is 5.41 Å². The van der Waals surface area contributed by atoms with Crippen molar-refractivity contribution in [3.05, 3.63) is 0 Å². The van der Waals surface area contributed by atoms with Gasteiger partial charge >= 0.3 is 0 Å². The lowest BCUT2D eigenvalue weighted by atomic mass is 9.71. The minimum atomic E-state index is 0.697. The van der Waals surface area contributed by atoms with Gasteiger partial charge in [0.25, 0.3) is 0 Å². The lowest BCUT2D eigenvalue weighted by molar-refractivity contribution is 0.181. The molecule has 1 heteroatoms. The molecule has 0 saturated heterocycles. The van der Waals surface area contributed by atoms with Crippen molar-refractivity contribution in [3.8, 4) is 0 Å². The summed E-state index contributed by atoms with van der Waals surface area (Å²) in [7, 11) is 1.24. The van der Waals surface area contributed by atoms with Crippen LogP contribution in [0, 0.1) is 5.41 Å². The third-order valence-corrected chi connectivity index (χ3v) is 8.86. The molecule has 0 aliphatic rings. The number of hydrogen-bond donors (Lipinski definition) is 0. The molecule has 0 heterocycles. The topological polar surface area (TPSA) is 0 Å².